The molecule has 0 aliphatic heterocycles. The molecular formula is C14H12. The maximum Gasteiger partial charge on any atom is 0.0240 e. The molecule has 1 aromatic carbocycles. The Morgan fingerprint density at radius 2 is 2.07 bits per heavy atom. The summed E-state index contributed by atoms with van der Waals surface area (Å²) < 4.78 is 0. The van der Waals surface area contributed by atoms with Crippen LogP contribution in [0, 0.1) is 0 Å². The van der Waals surface area contributed by atoms with Crippen molar-refractivity contribution in [2.45, 2.75) is 19.3 Å². The maximum absolute atomic E-state index is 3.52. The van der Waals surface area contributed by atoms with Crippen LogP contribution in [0.25, 0.3) is 11.8 Å². The molecule has 14 heavy (non-hydrogen) atoms. The van der Waals surface area contributed by atoms with E-state index in [1.807, 2.05) is 0 Å². The van der Waals surface area contributed by atoms with Crippen molar-refractivity contribution in [2.24, 2.45) is 0 Å². The molecule has 0 bridgehead atoms. The van der Waals surface area contributed by atoms with Crippen LogP contribution in [0.3, 0.4) is 0 Å². The van der Waals surface area contributed by atoms with Crippen LogP contribution >= 0.6 is 0 Å². The molecule has 2 aliphatic rings. The molecule has 0 unspecified atom stereocenters. The highest BCUT2D eigenvalue weighted by molar-refractivity contribution is 5.65. The lowest BCUT2D eigenvalue weighted by atomic mass is 9.91. The van der Waals surface area contributed by atoms with Gasteiger partial charge in [0.2, 0.25) is 0 Å². The van der Waals surface area contributed by atoms with Crippen molar-refractivity contribution in [3.8, 4) is 0 Å². The Morgan fingerprint density at radius 1 is 1.14 bits per heavy atom. The topological polar surface area (TPSA) is 0 Å². The zero-order chi connectivity index (χ0) is 9.38. The lowest BCUT2D eigenvalue weighted by Crippen LogP contribution is -2.25. The molecule has 0 heteroatoms. The second kappa shape index (κ2) is 3.01. The summed E-state index contributed by atoms with van der Waals surface area (Å²) in [5, 5.41) is 2.56. The van der Waals surface area contributed by atoms with E-state index in [0.29, 0.717) is 0 Å². The quantitative estimate of drug-likeness (QED) is 0.572. The van der Waals surface area contributed by atoms with E-state index in [4.69, 9.17) is 0 Å². The van der Waals surface area contributed by atoms with Gasteiger partial charge in [-0.2, -0.15) is 0 Å². The molecule has 0 radical (unpaired) electrons. The molecule has 68 valence electrons. The number of benzene rings is 1. The standard InChI is InChI=1S/C14H12/c1-2-6-12-10-14-8-4-3-7-13(14)9-11(12)5-1/h1-2,5-7,9H,3-4,8H2. The van der Waals surface area contributed by atoms with E-state index in [1.165, 1.54) is 40.8 Å². The third kappa shape index (κ3) is 1.16. The average Bonchev–Trinajstić information content (AvgIpc) is 2.26. The summed E-state index contributed by atoms with van der Waals surface area (Å²) >= 11 is 0. The third-order valence-corrected chi connectivity index (χ3v) is 2.90. The van der Waals surface area contributed by atoms with Gasteiger partial charge in [0, 0.05) is 10.8 Å². The first-order chi connectivity index (χ1) is 6.93. The SMILES string of the molecule is C1=C2CCCC=C2C=c2ccccc2=1. The molecule has 0 saturated heterocycles. The number of fused-ring (bicyclic) bond motifs is 2. The van der Waals surface area contributed by atoms with E-state index in [2.05, 4.69) is 42.1 Å². The Balaban J connectivity index is 2.42. The van der Waals surface area contributed by atoms with Crippen molar-refractivity contribution < 1.29 is 0 Å². The Hall–Kier alpha value is -1.52. The van der Waals surface area contributed by atoms with Gasteiger partial charge >= 0.3 is 0 Å². The van der Waals surface area contributed by atoms with Crippen molar-refractivity contribution in [1.29, 1.82) is 0 Å². The van der Waals surface area contributed by atoms with Gasteiger partial charge in [0.05, 0.1) is 0 Å². The molecule has 1 aromatic rings. The fourth-order valence-corrected chi connectivity index (χ4v) is 2.15. The molecule has 0 heterocycles. The van der Waals surface area contributed by atoms with Gasteiger partial charge in [-0.3, -0.25) is 0 Å². The fraction of sp³-hybridized carbons (Fsp3) is 0.214. The van der Waals surface area contributed by atoms with E-state index in [9.17, 15) is 0 Å². The van der Waals surface area contributed by atoms with Gasteiger partial charge in [0.15, 0.2) is 0 Å². The van der Waals surface area contributed by atoms with Crippen LogP contribution < -0.4 is 10.4 Å². The van der Waals surface area contributed by atoms with Gasteiger partial charge in [-0.15, -0.1) is 5.73 Å². The van der Waals surface area contributed by atoms with E-state index < -0.39 is 0 Å². The van der Waals surface area contributed by atoms with Crippen molar-refractivity contribution in [3.05, 3.63) is 51.9 Å². The number of allylic oxidation sites excluding steroid dienone is 3. The van der Waals surface area contributed by atoms with Crippen LogP contribution in [0.1, 0.15) is 19.3 Å². The predicted molar refractivity (Wildman–Crippen MR) is 59.0 cm³/mol. The minimum atomic E-state index is 1.19. The van der Waals surface area contributed by atoms with E-state index in [0.717, 1.165) is 0 Å². The van der Waals surface area contributed by atoms with E-state index in [-0.39, 0.29) is 0 Å². The van der Waals surface area contributed by atoms with Crippen molar-refractivity contribution >= 4 is 11.8 Å². The molecule has 2 aliphatic carbocycles. The van der Waals surface area contributed by atoms with Crippen LogP contribution in [0.4, 0.5) is 0 Å². The van der Waals surface area contributed by atoms with Crippen LogP contribution in [0.15, 0.2) is 41.5 Å². The molecule has 0 N–H and O–H groups in total. The Bertz CT molecular complexity index is 552. The lowest BCUT2D eigenvalue weighted by Gasteiger charge is -2.13. The number of hydrogen-bond donors (Lipinski definition) is 0. The summed E-state index contributed by atoms with van der Waals surface area (Å²) in [7, 11) is 0. The summed E-state index contributed by atoms with van der Waals surface area (Å²) in [5.41, 5.74) is 6.31. The first-order valence-corrected chi connectivity index (χ1v) is 5.21. The first kappa shape index (κ1) is 7.84. The summed E-state index contributed by atoms with van der Waals surface area (Å²) in [6, 6.07) is 8.47. The summed E-state index contributed by atoms with van der Waals surface area (Å²) in [4.78, 5) is 0. The zero-order valence-corrected chi connectivity index (χ0v) is 8.09. The normalized spacial score (nSPS) is 18.0. The smallest absolute Gasteiger partial charge is 0.0240 e. The first-order valence-electron chi connectivity index (χ1n) is 5.21. The largest absolute Gasteiger partial charge is 0.108 e. The average molecular weight is 180 g/mol. The lowest BCUT2D eigenvalue weighted by molar-refractivity contribution is 0.816. The van der Waals surface area contributed by atoms with Crippen LogP contribution in [-0.2, 0) is 0 Å². The number of rotatable bonds is 0. The van der Waals surface area contributed by atoms with Gasteiger partial charge < -0.3 is 0 Å². The predicted octanol–water partition coefficient (Wildman–Crippen LogP) is 1.90. The highest BCUT2D eigenvalue weighted by Gasteiger charge is 2.09. The highest BCUT2D eigenvalue weighted by atomic mass is 14.1. The summed E-state index contributed by atoms with van der Waals surface area (Å²) in [5.74, 6) is 0. The molecule has 0 saturated carbocycles. The number of hydrogen-bond acceptors (Lipinski definition) is 0. The highest BCUT2D eigenvalue weighted by Crippen LogP contribution is 2.24. The fourth-order valence-electron chi connectivity index (χ4n) is 2.15. The molecule has 0 spiro atoms. The van der Waals surface area contributed by atoms with Gasteiger partial charge in [0.1, 0.15) is 0 Å². The summed E-state index contributed by atoms with van der Waals surface area (Å²) in [6.45, 7) is 0. The van der Waals surface area contributed by atoms with Gasteiger partial charge in [-0.05, 0) is 42.2 Å². The van der Waals surface area contributed by atoms with Gasteiger partial charge in [-0.25, -0.2) is 0 Å². The van der Waals surface area contributed by atoms with Gasteiger partial charge in [-0.1, -0.05) is 24.3 Å². The molecule has 0 atom stereocenters. The van der Waals surface area contributed by atoms with E-state index in [1.54, 1.807) is 0 Å². The molecule has 3 rings (SSSR count). The Labute approximate surface area is 83.6 Å². The van der Waals surface area contributed by atoms with Gasteiger partial charge in [0.25, 0.3) is 0 Å². The second-order valence-corrected chi connectivity index (χ2v) is 3.89. The third-order valence-electron chi connectivity index (χ3n) is 2.90. The Morgan fingerprint density at radius 3 is 3.07 bits per heavy atom. The van der Waals surface area contributed by atoms with Crippen LogP contribution in [0.5, 0.6) is 0 Å². The maximum atomic E-state index is 3.52. The molecule has 0 aromatic heterocycles. The molecule has 0 fully saturated rings. The second-order valence-electron chi connectivity index (χ2n) is 3.89. The molecule has 0 amide bonds. The molecule has 0 nitrogen and oxygen atoms in total. The minimum absolute atomic E-state index is 1.19. The monoisotopic (exact) mass is 180 g/mol. The van der Waals surface area contributed by atoms with Crippen molar-refractivity contribution in [3.63, 3.8) is 0 Å². The minimum Gasteiger partial charge on any atom is -0.108 e. The summed E-state index contributed by atoms with van der Waals surface area (Å²) in [6.07, 6.45) is 8.32. The molecular weight excluding hydrogens is 168 g/mol. The van der Waals surface area contributed by atoms with Crippen molar-refractivity contribution in [1.82, 2.24) is 0 Å². The zero-order valence-electron chi connectivity index (χ0n) is 8.09. The van der Waals surface area contributed by atoms with Crippen molar-refractivity contribution in [2.75, 3.05) is 0 Å². The Kier molecular flexibility index (Phi) is 1.68. The van der Waals surface area contributed by atoms with Crippen LogP contribution in [-0.4, -0.2) is 0 Å². The van der Waals surface area contributed by atoms with Crippen LogP contribution in [0.2, 0.25) is 0 Å². The van der Waals surface area contributed by atoms with E-state index >= 15 is 0 Å².